The Balaban J connectivity index is 2.51. The van der Waals surface area contributed by atoms with Crippen molar-refractivity contribution in [3.8, 4) is 10.4 Å². The lowest BCUT2D eigenvalue weighted by atomic mass is 9.94. The van der Waals surface area contributed by atoms with Crippen molar-refractivity contribution >= 4 is 24.6 Å². The monoisotopic (exact) mass is 172 g/mol. The van der Waals surface area contributed by atoms with E-state index in [1.165, 1.54) is 15.9 Å². The van der Waals surface area contributed by atoms with Gasteiger partial charge in [-0.15, -0.1) is 11.3 Å². The van der Waals surface area contributed by atoms with E-state index in [0.717, 1.165) is 0 Å². The zero-order chi connectivity index (χ0) is 8.39. The van der Waals surface area contributed by atoms with Crippen molar-refractivity contribution in [2.45, 2.75) is 0 Å². The van der Waals surface area contributed by atoms with Crippen LogP contribution in [-0.2, 0) is 0 Å². The highest BCUT2D eigenvalue weighted by Gasteiger charge is 2.00. The summed E-state index contributed by atoms with van der Waals surface area (Å²) < 4.78 is 0. The Morgan fingerprint density at radius 2 is 1.75 bits per heavy atom. The third-order valence-electron chi connectivity index (χ3n) is 1.90. The van der Waals surface area contributed by atoms with E-state index in [0.29, 0.717) is 0 Å². The molecule has 12 heavy (non-hydrogen) atoms. The number of thiophene rings is 1. The normalized spacial score (nSPS) is 10.0. The van der Waals surface area contributed by atoms with Crippen LogP contribution >= 0.6 is 11.3 Å². The molecule has 1 aromatic heterocycles. The van der Waals surface area contributed by atoms with Gasteiger partial charge in [0, 0.05) is 4.88 Å². The molecule has 0 radical (unpaired) electrons. The van der Waals surface area contributed by atoms with Gasteiger partial charge in [0.05, 0.1) is 0 Å². The molecule has 0 saturated carbocycles. The number of rotatable bonds is 1. The van der Waals surface area contributed by atoms with Gasteiger partial charge >= 0.3 is 0 Å². The minimum Gasteiger partial charge on any atom is -0.144 e. The molecule has 0 N–H and O–H groups in total. The van der Waals surface area contributed by atoms with Crippen LogP contribution in [0.3, 0.4) is 0 Å². The molecule has 1 aromatic carbocycles. The highest BCUT2D eigenvalue weighted by molar-refractivity contribution is 7.14. The van der Waals surface area contributed by atoms with E-state index in [1.54, 1.807) is 11.3 Å². The lowest BCUT2D eigenvalue weighted by Crippen LogP contribution is -1.99. The van der Waals surface area contributed by atoms with Crippen molar-refractivity contribution in [1.29, 1.82) is 0 Å². The molecule has 0 nitrogen and oxygen atoms in total. The highest BCUT2D eigenvalue weighted by atomic mass is 32.1. The van der Waals surface area contributed by atoms with E-state index in [4.69, 9.17) is 0 Å². The molecule has 0 aliphatic heterocycles. The Bertz CT molecular complexity index is 364. The average molecular weight is 172 g/mol. The maximum absolute atomic E-state index is 2.16. The standard InChI is InChI=1S/C10H9BS/c11-9-6-7-12-10(9)8-4-2-1-3-5-8/h1-7H,11H2. The van der Waals surface area contributed by atoms with Crippen molar-refractivity contribution in [2.75, 3.05) is 0 Å². The first-order valence-electron chi connectivity index (χ1n) is 3.97. The van der Waals surface area contributed by atoms with Gasteiger partial charge in [0.15, 0.2) is 0 Å². The topological polar surface area (TPSA) is 0 Å². The lowest BCUT2D eigenvalue weighted by Gasteiger charge is -1.97. The van der Waals surface area contributed by atoms with Crippen LogP contribution in [0.1, 0.15) is 0 Å². The van der Waals surface area contributed by atoms with E-state index in [9.17, 15) is 0 Å². The zero-order valence-corrected chi connectivity index (χ0v) is 7.77. The summed E-state index contributed by atoms with van der Waals surface area (Å²) in [4.78, 5) is 1.38. The van der Waals surface area contributed by atoms with Crippen molar-refractivity contribution in [1.82, 2.24) is 0 Å². The van der Waals surface area contributed by atoms with Crippen molar-refractivity contribution in [2.24, 2.45) is 0 Å². The summed E-state index contributed by atoms with van der Waals surface area (Å²) in [5.41, 5.74) is 2.69. The molecule has 0 aliphatic carbocycles. The van der Waals surface area contributed by atoms with Gasteiger partial charge in [0.2, 0.25) is 0 Å². The zero-order valence-electron chi connectivity index (χ0n) is 6.95. The van der Waals surface area contributed by atoms with Crippen molar-refractivity contribution in [3.05, 3.63) is 41.8 Å². The molecule has 0 bridgehead atoms. The van der Waals surface area contributed by atoms with Gasteiger partial charge in [-0.2, -0.15) is 0 Å². The molecular weight excluding hydrogens is 163 g/mol. The second kappa shape index (κ2) is 3.15. The van der Waals surface area contributed by atoms with Crippen LogP contribution in [0.15, 0.2) is 41.8 Å². The first-order valence-corrected chi connectivity index (χ1v) is 4.85. The molecule has 0 saturated heterocycles. The number of hydrogen-bond acceptors (Lipinski definition) is 1. The van der Waals surface area contributed by atoms with Gasteiger partial charge in [-0.25, -0.2) is 0 Å². The van der Waals surface area contributed by atoms with Gasteiger partial charge in [0.25, 0.3) is 0 Å². The predicted molar refractivity (Wildman–Crippen MR) is 57.9 cm³/mol. The molecular formula is C10H9BS. The van der Waals surface area contributed by atoms with Gasteiger partial charge in [0.1, 0.15) is 7.85 Å². The quantitative estimate of drug-likeness (QED) is 0.574. The summed E-state index contributed by atoms with van der Waals surface area (Å²) >= 11 is 1.80. The van der Waals surface area contributed by atoms with Crippen LogP contribution in [0.25, 0.3) is 10.4 Å². The molecule has 2 heteroatoms. The van der Waals surface area contributed by atoms with E-state index in [1.807, 2.05) is 6.07 Å². The van der Waals surface area contributed by atoms with E-state index >= 15 is 0 Å². The second-order valence-electron chi connectivity index (χ2n) is 2.80. The van der Waals surface area contributed by atoms with Gasteiger partial charge < -0.3 is 0 Å². The molecule has 2 rings (SSSR count). The fourth-order valence-corrected chi connectivity index (χ4v) is 2.19. The van der Waals surface area contributed by atoms with Crippen LogP contribution in [0.5, 0.6) is 0 Å². The fourth-order valence-electron chi connectivity index (χ4n) is 1.26. The molecule has 0 unspecified atom stereocenters. The minimum atomic E-state index is 1.32. The smallest absolute Gasteiger partial charge is 0.141 e. The van der Waals surface area contributed by atoms with Crippen LogP contribution in [0.4, 0.5) is 0 Å². The molecule has 58 valence electrons. The van der Waals surface area contributed by atoms with E-state index in [-0.39, 0.29) is 0 Å². The Kier molecular flexibility index (Phi) is 2.00. The van der Waals surface area contributed by atoms with Crippen LogP contribution in [0.2, 0.25) is 0 Å². The molecule has 1 heterocycles. The molecule has 0 amide bonds. The Labute approximate surface area is 77.3 Å². The Hall–Kier alpha value is -1.02. The fraction of sp³-hybridized carbons (Fsp3) is 0. The maximum Gasteiger partial charge on any atom is 0.141 e. The number of hydrogen-bond donors (Lipinski definition) is 0. The third-order valence-corrected chi connectivity index (χ3v) is 2.96. The van der Waals surface area contributed by atoms with E-state index in [2.05, 4.69) is 43.6 Å². The summed E-state index contributed by atoms with van der Waals surface area (Å²) in [6.07, 6.45) is 0. The minimum absolute atomic E-state index is 1.32. The molecule has 0 aliphatic rings. The SMILES string of the molecule is Bc1ccsc1-c1ccccc1. The third kappa shape index (κ3) is 1.30. The van der Waals surface area contributed by atoms with Crippen molar-refractivity contribution in [3.63, 3.8) is 0 Å². The van der Waals surface area contributed by atoms with Crippen LogP contribution in [-0.4, -0.2) is 7.85 Å². The maximum atomic E-state index is 2.16. The average Bonchev–Trinajstić information content (AvgIpc) is 2.53. The number of benzene rings is 1. The van der Waals surface area contributed by atoms with Gasteiger partial charge in [-0.05, 0) is 10.9 Å². The van der Waals surface area contributed by atoms with Crippen molar-refractivity contribution < 1.29 is 0 Å². The summed E-state index contributed by atoms with van der Waals surface area (Å²) in [6.45, 7) is 0. The summed E-state index contributed by atoms with van der Waals surface area (Å²) in [5, 5.41) is 2.14. The predicted octanol–water partition coefficient (Wildman–Crippen LogP) is 1.67. The first kappa shape index (κ1) is 7.62. The van der Waals surface area contributed by atoms with Crippen LogP contribution < -0.4 is 5.46 Å². The summed E-state index contributed by atoms with van der Waals surface area (Å²) in [7, 11) is 2.15. The lowest BCUT2D eigenvalue weighted by molar-refractivity contribution is 1.71. The second-order valence-corrected chi connectivity index (χ2v) is 3.71. The van der Waals surface area contributed by atoms with Crippen LogP contribution in [0, 0.1) is 0 Å². The molecule has 0 spiro atoms. The largest absolute Gasteiger partial charge is 0.144 e. The van der Waals surface area contributed by atoms with Gasteiger partial charge in [-0.3, -0.25) is 0 Å². The summed E-state index contributed by atoms with van der Waals surface area (Å²) in [6, 6.07) is 12.7. The molecule has 0 atom stereocenters. The van der Waals surface area contributed by atoms with Gasteiger partial charge in [-0.1, -0.05) is 41.9 Å². The molecule has 0 fully saturated rings. The summed E-state index contributed by atoms with van der Waals surface area (Å²) in [5.74, 6) is 0. The molecule has 2 aromatic rings. The highest BCUT2D eigenvalue weighted by Crippen LogP contribution is 2.21. The Morgan fingerprint density at radius 3 is 2.33 bits per heavy atom. The van der Waals surface area contributed by atoms with E-state index < -0.39 is 0 Å². The first-order chi connectivity index (χ1) is 5.88. The Morgan fingerprint density at radius 1 is 1.00 bits per heavy atom.